The lowest BCUT2D eigenvalue weighted by Gasteiger charge is -2.25. The van der Waals surface area contributed by atoms with Crippen molar-refractivity contribution in [1.82, 2.24) is 39.0 Å². The second-order valence-corrected chi connectivity index (χ2v) is 12.2. The number of alkyl halides is 1. The minimum atomic E-state index is -4.34. The van der Waals surface area contributed by atoms with Gasteiger partial charge in [0.15, 0.2) is 35.0 Å². The van der Waals surface area contributed by atoms with E-state index in [-0.39, 0.29) is 29.4 Å². The lowest BCUT2D eigenvalue weighted by atomic mass is 10.1. The smallest absolute Gasteiger partial charge is 0.386 e. The van der Waals surface area contributed by atoms with Crippen molar-refractivity contribution >= 4 is 53.1 Å². The zero-order chi connectivity index (χ0) is 29.1. The molecule has 0 unspecified atom stereocenters. The van der Waals surface area contributed by atoms with Crippen LogP contribution in [0, 0.1) is 0 Å². The fourth-order valence-corrected chi connectivity index (χ4v) is 6.23. The monoisotopic (exact) mass is 614 g/mol. The molecule has 0 radical (unpaired) electrons. The number of nitrogens with two attached hydrogens (primary N) is 2. The molecule has 2 saturated heterocycles. The van der Waals surface area contributed by atoms with Crippen LogP contribution < -0.4 is 17.0 Å². The topological polar surface area (TPSA) is 254 Å². The number of aliphatic hydroxyl groups excluding tert-OH is 2. The van der Waals surface area contributed by atoms with Crippen molar-refractivity contribution in [3.8, 4) is 0 Å². The van der Waals surface area contributed by atoms with Gasteiger partial charge in [0.1, 0.15) is 36.4 Å². The number of aliphatic hydroxyl groups is 2. The molecule has 21 heteroatoms. The lowest BCUT2D eigenvalue weighted by molar-refractivity contribution is -0.0522. The number of nitrogen functional groups attached to an aromatic ring is 2. The average Bonchev–Trinajstić information content (AvgIpc) is 3.69. The summed E-state index contributed by atoms with van der Waals surface area (Å²) in [6, 6.07) is 0. The van der Waals surface area contributed by atoms with E-state index in [0.29, 0.717) is 11.2 Å². The Morgan fingerprint density at radius 3 is 2.68 bits per heavy atom. The fourth-order valence-electron chi connectivity index (χ4n) is 4.78. The maximum atomic E-state index is 15.3. The Hall–Kier alpha value is -3.23. The molecule has 0 aromatic carbocycles. The molecule has 0 aliphatic carbocycles. The van der Waals surface area contributed by atoms with Gasteiger partial charge in [-0.25, -0.2) is 28.9 Å². The van der Waals surface area contributed by atoms with Crippen LogP contribution in [0.2, 0.25) is 0 Å². The first-order valence-corrected chi connectivity index (χ1v) is 14.8. The van der Waals surface area contributed by atoms with Crippen LogP contribution in [-0.2, 0) is 23.1 Å². The van der Waals surface area contributed by atoms with Crippen LogP contribution in [0.1, 0.15) is 18.9 Å². The quantitative estimate of drug-likeness (QED) is 0.107. The molecule has 2 fully saturated rings. The number of thiol groups is 1. The van der Waals surface area contributed by atoms with Crippen molar-refractivity contribution in [2.75, 3.05) is 24.7 Å². The van der Waals surface area contributed by atoms with E-state index in [0.717, 1.165) is 6.33 Å². The summed E-state index contributed by atoms with van der Waals surface area (Å²) >= 11 is 3.98. The SMILES string of the molecule is Nc1nc2c(ncn2[C@@H]2O[C@H](CO)[C@@H](F)[C@H]2O[P@](=O)(S)OC[C@H]2O[C@@H](n3cnc4c(N)ncnc43)C[C@@H]2O)c(=O)[nH]1. The van der Waals surface area contributed by atoms with Crippen LogP contribution in [0.4, 0.5) is 16.2 Å². The maximum Gasteiger partial charge on any atom is 0.386 e. The highest BCUT2D eigenvalue weighted by molar-refractivity contribution is 8.44. The third-order valence-electron chi connectivity index (χ3n) is 6.73. The number of halogens is 1. The van der Waals surface area contributed by atoms with Crippen LogP contribution in [0.3, 0.4) is 0 Å². The molecule has 7 N–H and O–H groups in total. The van der Waals surface area contributed by atoms with Gasteiger partial charge in [-0.05, 0) is 0 Å². The molecule has 0 spiro atoms. The fraction of sp³-hybridized carbons (Fsp3) is 0.500. The van der Waals surface area contributed by atoms with Gasteiger partial charge in [0.25, 0.3) is 5.56 Å². The first-order valence-electron chi connectivity index (χ1n) is 12.1. The van der Waals surface area contributed by atoms with Gasteiger partial charge >= 0.3 is 6.80 Å². The van der Waals surface area contributed by atoms with Crippen molar-refractivity contribution in [2.45, 2.75) is 49.5 Å². The van der Waals surface area contributed by atoms with Crippen LogP contribution in [-0.4, -0.2) is 93.1 Å². The highest BCUT2D eigenvalue weighted by Crippen LogP contribution is 2.57. The number of aromatic nitrogens is 8. The average molecular weight is 615 g/mol. The van der Waals surface area contributed by atoms with Gasteiger partial charge in [-0.1, -0.05) is 12.2 Å². The number of H-pyrrole nitrogens is 1. The van der Waals surface area contributed by atoms with Crippen LogP contribution in [0.15, 0.2) is 23.8 Å². The number of anilines is 2. The number of hydrogen-bond acceptors (Lipinski definition) is 15. The normalized spacial score (nSPS) is 29.9. The largest absolute Gasteiger partial charge is 0.394 e. The van der Waals surface area contributed by atoms with Crippen LogP contribution in [0.25, 0.3) is 22.3 Å². The summed E-state index contributed by atoms with van der Waals surface area (Å²) in [5.74, 6) is -0.0506. The molecule has 2 aliphatic heterocycles. The van der Waals surface area contributed by atoms with E-state index in [1.165, 1.54) is 17.2 Å². The zero-order valence-electron chi connectivity index (χ0n) is 20.8. The Morgan fingerprint density at radius 2 is 1.90 bits per heavy atom. The van der Waals surface area contributed by atoms with Gasteiger partial charge in [-0.2, -0.15) is 4.98 Å². The van der Waals surface area contributed by atoms with Crippen molar-refractivity contribution in [1.29, 1.82) is 0 Å². The molecular formula is C20H24FN10O8PS. The summed E-state index contributed by atoms with van der Waals surface area (Å²) in [4.78, 5) is 34.6. The van der Waals surface area contributed by atoms with Gasteiger partial charge in [0.2, 0.25) is 5.95 Å². The Kier molecular flexibility index (Phi) is 7.19. The highest BCUT2D eigenvalue weighted by atomic mass is 32.7. The first-order chi connectivity index (χ1) is 19.6. The summed E-state index contributed by atoms with van der Waals surface area (Å²) in [7, 11) is 0. The van der Waals surface area contributed by atoms with Crippen molar-refractivity contribution in [2.24, 2.45) is 0 Å². The number of rotatable bonds is 8. The summed E-state index contributed by atoms with van der Waals surface area (Å²) < 4.78 is 53.5. The van der Waals surface area contributed by atoms with E-state index in [1.807, 2.05) is 0 Å². The number of aromatic amines is 1. The second-order valence-electron chi connectivity index (χ2n) is 9.32. The Bertz CT molecular complexity index is 1700. The lowest BCUT2D eigenvalue weighted by Crippen LogP contribution is -2.32. The predicted octanol–water partition coefficient (Wildman–Crippen LogP) is -0.560. The van der Waals surface area contributed by atoms with Crippen molar-refractivity contribution in [3.05, 3.63) is 29.3 Å². The third-order valence-corrected chi connectivity index (χ3v) is 8.34. The van der Waals surface area contributed by atoms with E-state index in [4.69, 9.17) is 30.0 Å². The van der Waals surface area contributed by atoms with E-state index < -0.39 is 68.6 Å². The molecular weight excluding hydrogens is 590 g/mol. The van der Waals surface area contributed by atoms with Gasteiger partial charge in [-0.15, -0.1) is 0 Å². The number of nitrogens with zero attached hydrogens (tertiary/aromatic N) is 7. The molecule has 0 bridgehead atoms. The molecule has 6 rings (SSSR count). The van der Waals surface area contributed by atoms with Crippen LogP contribution in [0.5, 0.6) is 0 Å². The summed E-state index contributed by atoms with van der Waals surface area (Å²) in [6.07, 6.45) is -5.14. The molecule has 4 aromatic rings. The van der Waals surface area contributed by atoms with E-state index >= 15 is 4.39 Å². The molecule has 41 heavy (non-hydrogen) atoms. The molecule has 18 nitrogen and oxygen atoms in total. The molecule has 220 valence electrons. The molecule has 8 atom stereocenters. The molecule has 0 amide bonds. The minimum Gasteiger partial charge on any atom is -0.394 e. The summed E-state index contributed by atoms with van der Waals surface area (Å²) in [6.45, 7) is -5.52. The Morgan fingerprint density at radius 1 is 1.15 bits per heavy atom. The standard InChI is InChI=1S/C20H24FN10O8PS/c21-11-8(2-32)38-19(31-6-27-13-17(31)28-20(23)29-18(13)34)14(11)39-40(35,41)36-3-9-7(33)1-10(37-9)30-5-26-12-15(22)24-4-25-16(12)30/h4-11,14,19,32-33H,1-3H2,(H,35,41)(H2,22,24,25)(H3,23,28,29,34)/t7-,8+,9+,10+,11+,14+,19+,40+/m0/s1. The molecule has 6 heterocycles. The Labute approximate surface area is 233 Å². The van der Waals surface area contributed by atoms with E-state index in [2.05, 4.69) is 42.2 Å². The van der Waals surface area contributed by atoms with Crippen LogP contribution >= 0.6 is 19.0 Å². The second kappa shape index (κ2) is 10.6. The summed E-state index contributed by atoms with van der Waals surface area (Å²) in [5, 5.41) is 20.2. The minimum absolute atomic E-state index is 0.0573. The van der Waals surface area contributed by atoms with Gasteiger partial charge < -0.3 is 31.2 Å². The maximum absolute atomic E-state index is 15.3. The number of hydrogen-bond donors (Lipinski definition) is 6. The number of ether oxygens (including phenoxy) is 2. The van der Waals surface area contributed by atoms with Gasteiger partial charge in [0, 0.05) is 6.42 Å². The van der Waals surface area contributed by atoms with Crippen molar-refractivity contribution in [3.63, 3.8) is 0 Å². The predicted molar refractivity (Wildman–Crippen MR) is 140 cm³/mol. The molecule has 2 aliphatic rings. The van der Waals surface area contributed by atoms with Crippen molar-refractivity contribution < 1.29 is 37.7 Å². The first kappa shape index (κ1) is 27.9. The third kappa shape index (κ3) is 5.06. The number of fused-ring (bicyclic) bond motifs is 2. The van der Waals surface area contributed by atoms with E-state index in [1.54, 1.807) is 4.57 Å². The van der Waals surface area contributed by atoms with Gasteiger partial charge in [-0.3, -0.25) is 28.0 Å². The molecule has 4 aromatic heterocycles. The Balaban J connectivity index is 1.17. The highest BCUT2D eigenvalue weighted by Gasteiger charge is 2.50. The number of nitrogens with one attached hydrogen (secondary N) is 1. The summed E-state index contributed by atoms with van der Waals surface area (Å²) in [5.41, 5.74) is 11.4. The van der Waals surface area contributed by atoms with E-state index in [9.17, 15) is 19.6 Å². The molecule has 0 saturated carbocycles. The number of imidazole rings is 2. The zero-order valence-corrected chi connectivity index (χ0v) is 22.6. The van der Waals surface area contributed by atoms with Gasteiger partial charge in [0.05, 0.1) is 32.0 Å².